The van der Waals surface area contributed by atoms with Crippen LogP contribution in [0.1, 0.15) is 111 Å². The van der Waals surface area contributed by atoms with Crippen LogP contribution in [-0.4, -0.2) is 26.5 Å². The van der Waals surface area contributed by atoms with E-state index in [-0.39, 0.29) is 0 Å². The van der Waals surface area contributed by atoms with Gasteiger partial charge in [-0.05, 0) is 0 Å². The van der Waals surface area contributed by atoms with Crippen molar-refractivity contribution in [1.29, 1.82) is 0 Å². The number of hydrogen-bond acceptors (Lipinski definition) is 0. The minimum atomic E-state index is -2.20. The van der Waals surface area contributed by atoms with Crippen molar-refractivity contribution in [3.05, 3.63) is 9.29 Å². The Morgan fingerprint density at radius 2 is 1.00 bits per heavy atom. The van der Waals surface area contributed by atoms with Crippen LogP contribution in [0.2, 0.25) is 33.0 Å². The average molecular weight is 502 g/mol. The summed E-state index contributed by atoms with van der Waals surface area (Å²) in [5.41, 5.74) is 2.93. The van der Waals surface area contributed by atoms with Crippen molar-refractivity contribution >= 4 is 26.5 Å². The summed E-state index contributed by atoms with van der Waals surface area (Å²) < 4.78 is 7.06. The average Bonchev–Trinajstić information content (AvgIpc) is 2.62. The molecule has 0 fully saturated rings. The summed E-state index contributed by atoms with van der Waals surface area (Å²) in [4.78, 5) is 0. The Balaban J connectivity index is 5.41. The molecular formula is C25H54SiSn. The second kappa shape index (κ2) is 16.5. The van der Waals surface area contributed by atoms with Crippen LogP contribution in [0.4, 0.5) is 0 Å². The van der Waals surface area contributed by atoms with Crippen LogP contribution >= 0.6 is 0 Å². The molecule has 0 radical (unpaired) electrons. The molecular weight excluding hydrogens is 447 g/mol. The van der Waals surface area contributed by atoms with Gasteiger partial charge < -0.3 is 0 Å². The van der Waals surface area contributed by atoms with Gasteiger partial charge in [0.05, 0.1) is 0 Å². The van der Waals surface area contributed by atoms with Crippen molar-refractivity contribution in [2.75, 3.05) is 0 Å². The van der Waals surface area contributed by atoms with Gasteiger partial charge in [0.25, 0.3) is 0 Å². The number of allylic oxidation sites excluding steroid dienone is 1. The van der Waals surface area contributed by atoms with Crippen LogP contribution in [0.25, 0.3) is 0 Å². The van der Waals surface area contributed by atoms with E-state index in [2.05, 4.69) is 56.6 Å². The van der Waals surface area contributed by atoms with E-state index in [9.17, 15) is 0 Å². The first kappa shape index (κ1) is 27.8. The molecule has 0 bridgehead atoms. The van der Waals surface area contributed by atoms with Gasteiger partial charge >= 0.3 is 180 Å². The molecule has 0 atom stereocenters. The van der Waals surface area contributed by atoms with Gasteiger partial charge in [0, 0.05) is 0 Å². The number of rotatable bonds is 18. The Kier molecular flexibility index (Phi) is 17.0. The molecule has 0 aromatic heterocycles. The SMILES string of the molecule is CCCCCCCC/[C](=C/[Si](C)(C)C)[Sn]([CH2]CCC)([CH2]CCC)[CH2]CCC. The monoisotopic (exact) mass is 502 g/mol. The maximum atomic E-state index is 2.93. The second-order valence-electron chi connectivity index (χ2n) is 10.1. The fraction of sp³-hybridized carbons (Fsp3) is 0.920. The molecule has 0 N–H and O–H groups in total. The molecule has 0 spiro atoms. The van der Waals surface area contributed by atoms with Crippen molar-refractivity contribution in [1.82, 2.24) is 0 Å². The van der Waals surface area contributed by atoms with E-state index in [1.165, 1.54) is 83.5 Å². The molecule has 0 aliphatic carbocycles. The molecule has 27 heavy (non-hydrogen) atoms. The summed E-state index contributed by atoms with van der Waals surface area (Å²) in [6.07, 6.45) is 18.9. The molecule has 0 aromatic rings. The van der Waals surface area contributed by atoms with Gasteiger partial charge in [-0.2, -0.15) is 0 Å². The van der Waals surface area contributed by atoms with Crippen molar-refractivity contribution in [2.45, 2.75) is 144 Å². The fourth-order valence-corrected chi connectivity index (χ4v) is 28.1. The number of hydrogen-bond donors (Lipinski definition) is 0. The van der Waals surface area contributed by atoms with E-state index >= 15 is 0 Å². The molecule has 0 heterocycles. The standard InChI is InChI=1S/C13H27Si.3C4H9.Sn/c1-5-6-7-8-9-10-11-12-13-14(2,3)4;3*1-3-4-2;/h13H,5-11H2,1-4H3;3*1,3-4H2,2H3;. The molecule has 0 aromatic carbocycles. The van der Waals surface area contributed by atoms with E-state index < -0.39 is 26.5 Å². The molecule has 2 heteroatoms. The molecule has 0 saturated heterocycles. The van der Waals surface area contributed by atoms with Gasteiger partial charge in [-0.15, -0.1) is 0 Å². The third-order valence-electron chi connectivity index (χ3n) is 6.11. The Morgan fingerprint density at radius 3 is 1.41 bits per heavy atom. The van der Waals surface area contributed by atoms with E-state index in [4.69, 9.17) is 0 Å². The predicted octanol–water partition coefficient (Wildman–Crippen LogP) is 9.93. The van der Waals surface area contributed by atoms with Crippen LogP contribution in [0, 0.1) is 0 Å². The minimum absolute atomic E-state index is 1.14. The van der Waals surface area contributed by atoms with Crippen LogP contribution < -0.4 is 0 Å². The van der Waals surface area contributed by atoms with E-state index in [1.54, 1.807) is 13.3 Å². The van der Waals surface area contributed by atoms with E-state index in [0.29, 0.717) is 0 Å². The van der Waals surface area contributed by atoms with Crippen molar-refractivity contribution < 1.29 is 0 Å². The summed E-state index contributed by atoms with van der Waals surface area (Å²) >= 11 is -2.20. The van der Waals surface area contributed by atoms with Crippen molar-refractivity contribution in [3.8, 4) is 0 Å². The van der Waals surface area contributed by atoms with Crippen LogP contribution in [-0.2, 0) is 0 Å². The molecule has 0 unspecified atom stereocenters. The van der Waals surface area contributed by atoms with Crippen molar-refractivity contribution in [2.24, 2.45) is 0 Å². The molecule has 0 aliphatic rings. The van der Waals surface area contributed by atoms with E-state index in [0.717, 1.165) is 0 Å². The zero-order chi connectivity index (χ0) is 20.6. The second-order valence-corrected chi connectivity index (χ2v) is 28.6. The normalized spacial score (nSPS) is 13.4. The van der Waals surface area contributed by atoms with Crippen molar-refractivity contribution in [3.63, 3.8) is 0 Å². The van der Waals surface area contributed by atoms with Gasteiger partial charge in [0.15, 0.2) is 0 Å². The quantitative estimate of drug-likeness (QED) is 0.129. The summed E-state index contributed by atoms with van der Waals surface area (Å²) in [6.45, 7) is 17.3. The first-order valence-electron chi connectivity index (χ1n) is 12.6. The Hall–Kier alpha value is 0.756. The van der Waals surface area contributed by atoms with Crippen LogP contribution in [0.15, 0.2) is 9.29 Å². The summed E-state index contributed by atoms with van der Waals surface area (Å²) in [6, 6.07) is 0. The third kappa shape index (κ3) is 13.6. The maximum absolute atomic E-state index is 2.93. The molecule has 162 valence electrons. The Bertz CT molecular complexity index is 345. The first-order chi connectivity index (χ1) is 12.8. The Labute approximate surface area is 179 Å². The summed E-state index contributed by atoms with van der Waals surface area (Å²) in [5.74, 6) is 0. The van der Waals surface area contributed by atoms with Gasteiger partial charge in [0.2, 0.25) is 0 Å². The Morgan fingerprint density at radius 1 is 0.593 bits per heavy atom. The van der Waals surface area contributed by atoms with Gasteiger partial charge in [-0.25, -0.2) is 0 Å². The summed E-state index contributed by atoms with van der Waals surface area (Å²) in [7, 11) is -1.14. The van der Waals surface area contributed by atoms with Crippen LogP contribution in [0.5, 0.6) is 0 Å². The predicted molar refractivity (Wildman–Crippen MR) is 134 cm³/mol. The van der Waals surface area contributed by atoms with Gasteiger partial charge in [-0.1, -0.05) is 0 Å². The van der Waals surface area contributed by atoms with Gasteiger partial charge in [0.1, 0.15) is 0 Å². The summed E-state index contributed by atoms with van der Waals surface area (Å²) in [5, 5.41) is 0. The molecule has 0 aliphatic heterocycles. The molecule has 0 saturated carbocycles. The van der Waals surface area contributed by atoms with Gasteiger partial charge in [-0.3, -0.25) is 0 Å². The zero-order valence-corrected chi connectivity index (χ0v) is 24.2. The van der Waals surface area contributed by atoms with Crippen LogP contribution in [0.3, 0.4) is 0 Å². The molecule has 0 nitrogen and oxygen atoms in total. The molecule has 0 rings (SSSR count). The van der Waals surface area contributed by atoms with E-state index in [1.807, 2.05) is 0 Å². The molecule has 0 amide bonds. The first-order valence-corrected chi connectivity index (χ1v) is 23.6. The topological polar surface area (TPSA) is 0 Å². The fourth-order valence-electron chi connectivity index (χ4n) is 4.51. The zero-order valence-electron chi connectivity index (χ0n) is 20.4. The third-order valence-corrected chi connectivity index (χ3v) is 24.4. The number of unbranched alkanes of at least 4 members (excludes halogenated alkanes) is 8.